The molecule has 0 saturated heterocycles. The summed E-state index contributed by atoms with van der Waals surface area (Å²) in [6, 6.07) is 0.00588. The summed E-state index contributed by atoms with van der Waals surface area (Å²) in [7, 11) is 0. The van der Waals surface area contributed by atoms with Crippen LogP contribution >= 0.6 is 0 Å². The highest BCUT2D eigenvalue weighted by Gasteiger charge is 2.31. The minimum absolute atomic E-state index is 0.0386. The summed E-state index contributed by atoms with van der Waals surface area (Å²) in [4.78, 5) is 30.5. The summed E-state index contributed by atoms with van der Waals surface area (Å²) >= 11 is 0. The van der Waals surface area contributed by atoms with E-state index in [1.807, 2.05) is 13.0 Å². The third-order valence-corrected chi connectivity index (χ3v) is 9.37. The molecule has 0 amide bonds. The molecule has 2 atom stereocenters. The van der Waals surface area contributed by atoms with Crippen molar-refractivity contribution in [2.75, 3.05) is 0 Å². The smallest absolute Gasteiger partial charge is 0.303 e. The highest BCUT2D eigenvalue weighted by molar-refractivity contribution is 5.70. The zero-order valence-corrected chi connectivity index (χ0v) is 25.3. The Morgan fingerprint density at radius 1 is 0.857 bits per heavy atom. The Morgan fingerprint density at radius 2 is 1.40 bits per heavy atom. The quantitative estimate of drug-likeness (QED) is 0.243. The van der Waals surface area contributed by atoms with Crippen molar-refractivity contribution in [1.29, 1.82) is 0 Å². The van der Waals surface area contributed by atoms with Crippen LogP contribution in [-0.2, 0) is 35.3 Å². The molecule has 8 bridgehead atoms. The van der Waals surface area contributed by atoms with E-state index in [9.17, 15) is 19.8 Å². The minimum Gasteiger partial charge on any atom is -0.481 e. The van der Waals surface area contributed by atoms with Crippen LogP contribution in [0.4, 0.5) is 0 Å². The molecule has 2 aromatic heterocycles. The zero-order chi connectivity index (χ0) is 30.3. The lowest BCUT2D eigenvalue weighted by molar-refractivity contribution is -0.138. The third-order valence-electron chi connectivity index (χ3n) is 9.37. The Balaban J connectivity index is 1.70. The molecule has 42 heavy (non-hydrogen) atoms. The van der Waals surface area contributed by atoms with Gasteiger partial charge >= 0.3 is 11.9 Å². The first-order valence-electron chi connectivity index (χ1n) is 14.9. The van der Waals surface area contributed by atoms with E-state index in [4.69, 9.17) is 0 Å². The standard InChI is InChI=1S/C34H42N4O4/c1-7-21-17(3)25-13-26-19(5)23(9-11-33(39)40)31(37-26)16-32-24(10-12-34(41)42)20(6)28(38-32)15-30-22(8-2)18(4)27(36-30)14-29(21)35-25/h8,13,15,27,31,35-38H,2,7,9-12,14,16H2,1,3-6H3,(H,39,40)(H,41,42)/b26-13-,30-15-. The van der Waals surface area contributed by atoms with Gasteiger partial charge < -0.3 is 30.8 Å². The number of fused-ring (bicyclic) bond motifs is 8. The minimum atomic E-state index is -0.832. The van der Waals surface area contributed by atoms with Crippen LogP contribution in [0.3, 0.4) is 0 Å². The monoisotopic (exact) mass is 570 g/mol. The Hall–Kier alpha value is -4.20. The van der Waals surface area contributed by atoms with E-state index in [0.29, 0.717) is 19.3 Å². The van der Waals surface area contributed by atoms with Gasteiger partial charge in [0.05, 0.1) is 12.1 Å². The first kappa shape index (κ1) is 29.3. The molecule has 0 aliphatic carbocycles. The lowest BCUT2D eigenvalue weighted by atomic mass is 9.94. The first-order valence-corrected chi connectivity index (χ1v) is 14.9. The molecule has 5 heterocycles. The van der Waals surface area contributed by atoms with Crippen LogP contribution in [0.5, 0.6) is 0 Å². The third kappa shape index (κ3) is 5.38. The maximum Gasteiger partial charge on any atom is 0.303 e. The molecule has 3 aliphatic heterocycles. The van der Waals surface area contributed by atoms with Gasteiger partial charge in [-0.25, -0.2) is 0 Å². The fourth-order valence-corrected chi connectivity index (χ4v) is 6.94. The molecule has 6 N–H and O–H groups in total. The van der Waals surface area contributed by atoms with Gasteiger partial charge in [0.2, 0.25) is 0 Å². The van der Waals surface area contributed by atoms with Gasteiger partial charge in [-0.15, -0.1) is 0 Å². The Kier molecular flexibility index (Phi) is 8.08. The number of carboxylic acid groups (broad SMARTS) is 2. The molecule has 3 aliphatic rings. The predicted molar refractivity (Wildman–Crippen MR) is 166 cm³/mol. The van der Waals surface area contributed by atoms with Crippen LogP contribution < -0.4 is 10.6 Å². The van der Waals surface area contributed by atoms with Gasteiger partial charge in [0.1, 0.15) is 0 Å². The summed E-state index contributed by atoms with van der Waals surface area (Å²) in [5.74, 6) is -1.65. The van der Waals surface area contributed by atoms with E-state index in [1.54, 1.807) is 0 Å². The maximum atomic E-state index is 11.6. The van der Waals surface area contributed by atoms with Crippen molar-refractivity contribution in [3.05, 3.63) is 91.4 Å². The van der Waals surface area contributed by atoms with Crippen molar-refractivity contribution in [2.45, 2.75) is 91.6 Å². The fraction of sp³-hybridized carbons (Fsp3) is 0.412. The van der Waals surface area contributed by atoms with Crippen LogP contribution in [0, 0.1) is 13.8 Å². The van der Waals surface area contributed by atoms with Crippen molar-refractivity contribution >= 4 is 24.1 Å². The number of hydrogen-bond donors (Lipinski definition) is 6. The van der Waals surface area contributed by atoms with Gasteiger partial charge in [-0.3, -0.25) is 9.59 Å². The summed E-state index contributed by atoms with van der Waals surface area (Å²) < 4.78 is 0. The second kappa shape index (κ2) is 11.6. The molecule has 2 unspecified atom stereocenters. The van der Waals surface area contributed by atoms with Crippen molar-refractivity contribution in [3.8, 4) is 0 Å². The van der Waals surface area contributed by atoms with Gasteiger partial charge in [-0.1, -0.05) is 19.6 Å². The average molecular weight is 571 g/mol. The number of allylic oxidation sites excluding steroid dienone is 2. The molecule has 0 saturated carbocycles. The molecule has 0 fully saturated rings. The van der Waals surface area contributed by atoms with Crippen molar-refractivity contribution in [3.63, 3.8) is 0 Å². The van der Waals surface area contributed by atoms with E-state index in [1.165, 1.54) is 22.4 Å². The molecule has 0 spiro atoms. The Bertz CT molecular complexity index is 1590. The normalized spacial score (nSPS) is 22.3. The molecular weight excluding hydrogens is 528 g/mol. The molecule has 2 aromatic rings. The van der Waals surface area contributed by atoms with E-state index >= 15 is 0 Å². The van der Waals surface area contributed by atoms with Gasteiger partial charge in [0, 0.05) is 59.9 Å². The van der Waals surface area contributed by atoms with E-state index in [0.717, 1.165) is 69.2 Å². The summed E-state index contributed by atoms with van der Waals surface area (Å²) in [5.41, 5.74) is 15.3. The number of aliphatic carboxylic acids is 2. The average Bonchev–Trinajstić information content (AvgIpc) is 3.59. The van der Waals surface area contributed by atoms with E-state index in [2.05, 4.69) is 67.0 Å². The second-order valence-electron chi connectivity index (χ2n) is 11.8. The lowest BCUT2D eigenvalue weighted by Crippen LogP contribution is -2.27. The van der Waals surface area contributed by atoms with Gasteiger partial charge in [-0.2, -0.15) is 0 Å². The summed E-state index contributed by atoms with van der Waals surface area (Å²) in [6.07, 6.45) is 9.49. The van der Waals surface area contributed by atoms with E-state index in [-0.39, 0.29) is 24.9 Å². The summed E-state index contributed by atoms with van der Waals surface area (Å²) in [6.45, 7) is 14.7. The molecule has 0 aromatic carbocycles. The number of carbonyl (C=O) groups is 2. The SMILES string of the molecule is C=CC1=C(C)C2Cc3[nH]c(c(C)c3CC)/C=C3\NC(Cc4[nH]c(c(C)c4CCC(=O)O)/C=C/1N2)C(CCC(=O)O)=C3C. The van der Waals surface area contributed by atoms with Gasteiger partial charge in [0.15, 0.2) is 0 Å². The molecule has 0 radical (unpaired) electrons. The molecule has 8 nitrogen and oxygen atoms in total. The van der Waals surface area contributed by atoms with Crippen LogP contribution in [0.15, 0.2) is 46.3 Å². The zero-order valence-electron chi connectivity index (χ0n) is 25.3. The molecular formula is C34H42N4O4. The molecule has 8 heteroatoms. The van der Waals surface area contributed by atoms with Crippen molar-refractivity contribution in [1.82, 2.24) is 20.6 Å². The van der Waals surface area contributed by atoms with Crippen LogP contribution in [-0.4, -0.2) is 44.2 Å². The van der Waals surface area contributed by atoms with Crippen LogP contribution in [0.1, 0.15) is 85.1 Å². The highest BCUT2D eigenvalue weighted by atomic mass is 16.4. The number of rotatable bonds is 8. The number of hydrogen-bond acceptors (Lipinski definition) is 4. The Labute approximate surface area is 247 Å². The number of aromatic nitrogens is 2. The van der Waals surface area contributed by atoms with Crippen LogP contribution in [0.25, 0.3) is 12.2 Å². The lowest BCUT2D eigenvalue weighted by Gasteiger charge is -2.17. The largest absolute Gasteiger partial charge is 0.481 e. The number of H-pyrrole nitrogens is 2. The Morgan fingerprint density at radius 3 is 2.02 bits per heavy atom. The highest BCUT2D eigenvalue weighted by Crippen LogP contribution is 2.36. The maximum absolute atomic E-state index is 11.6. The predicted octanol–water partition coefficient (Wildman–Crippen LogP) is 5.65. The number of aromatic amines is 2. The fourth-order valence-electron chi connectivity index (χ4n) is 6.94. The number of nitrogens with one attached hydrogen (secondary N) is 4. The second-order valence-corrected chi connectivity index (χ2v) is 11.8. The van der Waals surface area contributed by atoms with Gasteiger partial charge in [0.25, 0.3) is 0 Å². The first-order chi connectivity index (χ1) is 20.0. The van der Waals surface area contributed by atoms with Crippen LogP contribution in [0.2, 0.25) is 0 Å². The topological polar surface area (TPSA) is 130 Å². The molecule has 222 valence electrons. The van der Waals surface area contributed by atoms with Gasteiger partial charge in [-0.05, 0) is 104 Å². The molecule has 5 rings (SSSR count). The van der Waals surface area contributed by atoms with E-state index < -0.39 is 11.9 Å². The van der Waals surface area contributed by atoms with Crippen molar-refractivity contribution < 1.29 is 19.8 Å². The number of carboxylic acids is 2. The summed E-state index contributed by atoms with van der Waals surface area (Å²) in [5, 5.41) is 26.5. The van der Waals surface area contributed by atoms with Crippen molar-refractivity contribution in [2.24, 2.45) is 0 Å².